The van der Waals surface area contributed by atoms with Crippen molar-refractivity contribution in [1.29, 1.82) is 0 Å². The molecule has 0 bridgehead atoms. The molecule has 0 heterocycles. The standard InChI is InChI=1S/C13H18F3NO/c1-12(10-18,17-9-13(14,15)16)8-7-11-5-3-2-4-6-11/h2-6,17-18H,7-10H2,1H3. The zero-order valence-corrected chi connectivity index (χ0v) is 10.3. The van der Waals surface area contributed by atoms with Crippen LogP contribution in [0.3, 0.4) is 0 Å². The lowest BCUT2D eigenvalue weighted by Gasteiger charge is -2.29. The monoisotopic (exact) mass is 261 g/mol. The van der Waals surface area contributed by atoms with E-state index in [0.717, 1.165) is 5.56 Å². The molecule has 2 nitrogen and oxygen atoms in total. The second-order valence-electron chi connectivity index (χ2n) is 4.67. The summed E-state index contributed by atoms with van der Waals surface area (Å²) in [5.41, 5.74) is 0.136. The van der Waals surface area contributed by atoms with E-state index in [1.807, 2.05) is 30.3 Å². The number of hydrogen-bond donors (Lipinski definition) is 2. The maximum Gasteiger partial charge on any atom is 0.401 e. The largest absolute Gasteiger partial charge is 0.401 e. The van der Waals surface area contributed by atoms with Crippen LogP contribution in [-0.4, -0.2) is 30.0 Å². The fraction of sp³-hybridized carbons (Fsp3) is 0.538. The fourth-order valence-electron chi connectivity index (χ4n) is 1.60. The first-order chi connectivity index (χ1) is 8.35. The van der Waals surface area contributed by atoms with Gasteiger partial charge < -0.3 is 10.4 Å². The van der Waals surface area contributed by atoms with E-state index < -0.39 is 18.3 Å². The van der Waals surface area contributed by atoms with Crippen molar-refractivity contribution < 1.29 is 18.3 Å². The predicted molar refractivity (Wildman–Crippen MR) is 64.3 cm³/mol. The molecule has 0 aliphatic heterocycles. The topological polar surface area (TPSA) is 32.3 Å². The number of nitrogens with one attached hydrogen (secondary N) is 1. The van der Waals surface area contributed by atoms with Gasteiger partial charge in [0.05, 0.1) is 13.2 Å². The zero-order chi connectivity index (χ0) is 13.6. The van der Waals surface area contributed by atoms with Crippen molar-refractivity contribution in [3.63, 3.8) is 0 Å². The molecule has 0 amide bonds. The Morgan fingerprint density at radius 2 is 1.78 bits per heavy atom. The van der Waals surface area contributed by atoms with Gasteiger partial charge >= 0.3 is 6.18 Å². The van der Waals surface area contributed by atoms with Crippen LogP contribution < -0.4 is 5.32 Å². The number of halogens is 3. The highest BCUT2D eigenvalue weighted by molar-refractivity contribution is 5.15. The molecule has 0 radical (unpaired) electrons. The molecule has 1 rings (SSSR count). The van der Waals surface area contributed by atoms with Gasteiger partial charge in [-0.15, -0.1) is 0 Å². The highest BCUT2D eigenvalue weighted by Gasteiger charge is 2.32. The number of rotatable bonds is 6. The summed E-state index contributed by atoms with van der Waals surface area (Å²) >= 11 is 0. The lowest BCUT2D eigenvalue weighted by Crippen LogP contribution is -2.49. The van der Waals surface area contributed by atoms with Crippen molar-refractivity contribution in [2.75, 3.05) is 13.2 Å². The third kappa shape index (κ3) is 5.51. The highest BCUT2D eigenvalue weighted by Crippen LogP contribution is 2.18. The molecule has 102 valence electrons. The maximum absolute atomic E-state index is 12.1. The first kappa shape index (κ1) is 15.0. The van der Waals surface area contributed by atoms with Crippen LogP contribution in [0.2, 0.25) is 0 Å². The summed E-state index contributed by atoms with van der Waals surface area (Å²) in [6.07, 6.45) is -3.18. The summed E-state index contributed by atoms with van der Waals surface area (Å²) in [7, 11) is 0. The van der Waals surface area contributed by atoms with Crippen molar-refractivity contribution >= 4 is 0 Å². The van der Waals surface area contributed by atoms with Crippen LogP contribution in [0, 0.1) is 0 Å². The molecule has 0 aromatic heterocycles. The molecule has 1 aromatic rings. The van der Waals surface area contributed by atoms with Crippen molar-refractivity contribution in [2.45, 2.75) is 31.5 Å². The summed E-state index contributed by atoms with van der Waals surface area (Å²) in [4.78, 5) is 0. The second kappa shape index (κ2) is 6.20. The lowest BCUT2D eigenvalue weighted by molar-refractivity contribution is -0.129. The van der Waals surface area contributed by atoms with Crippen LogP contribution in [-0.2, 0) is 6.42 Å². The van der Waals surface area contributed by atoms with Crippen molar-refractivity contribution in [3.8, 4) is 0 Å². The Kier molecular flexibility index (Phi) is 5.16. The predicted octanol–water partition coefficient (Wildman–Crippen LogP) is 2.52. The number of aliphatic hydroxyl groups is 1. The normalized spacial score (nSPS) is 15.4. The summed E-state index contributed by atoms with van der Waals surface area (Å²) in [6.45, 7) is 0.191. The molecule has 0 aliphatic carbocycles. The summed E-state index contributed by atoms with van der Waals surface area (Å²) in [5.74, 6) is 0. The van der Waals surface area contributed by atoms with Gasteiger partial charge in [-0.25, -0.2) is 0 Å². The number of aliphatic hydroxyl groups excluding tert-OH is 1. The molecule has 0 aliphatic rings. The highest BCUT2D eigenvalue weighted by atomic mass is 19.4. The van der Waals surface area contributed by atoms with Crippen molar-refractivity contribution in [2.24, 2.45) is 0 Å². The molecule has 5 heteroatoms. The number of aryl methyl sites for hydroxylation is 1. The first-order valence-corrected chi connectivity index (χ1v) is 5.81. The van der Waals surface area contributed by atoms with Gasteiger partial charge in [0.25, 0.3) is 0 Å². The van der Waals surface area contributed by atoms with Crippen molar-refractivity contribution in [3.05, 3.63) is 35.9 Å². The molecule has 0 saturated carbocycles. The lowest BCUT2D eigenvalue weighted by atomic mass is 9.94. The van der Waals surface area contributed by atoms with Gasteiger partial charge in [-0.3, -0.25) is 0 Å². The Hall–Kier alpha value is -1.07. The van der Waals surface area contributed by atoms with E-state index >= 15 is 0 Å². The van der Waals surface area contributed by atoms with E-state index in [9.17, 15) is 18.3 Å². The summed E-state index contributed by atoms with van der Waals surface area (Å²) in [6, 6.07) is 9.49. The van der Waals surface area contributed by atoms with E-state index in [0.29, 0.717) is 12.8 Å². The fourth-order valence-corrected chi connectivity index (χ4v) is 1.60. The summed E-state index contributed by atoms with van der Waals surface area (Å²) in [5, 5.41) is 11.6. The molecular formula is C13H18F3NO. The zero-order valence-electron chi connectivity index (χ0n) is 10.3. The van der Waals surface area contributed by atoms with E-state index in [1.54, 1.807) is 6.92 Å². The van der Waals surface area contributed by atoms with E-state index in [1.165, 1.54) is 0 Å². The minimum Gasteiger partial charge on any atom is -0.394 e. The van der Waals surface area contributed by atoms with E-state index in [4.69, 9.17) is 0 Å². The maximum atomic E-state index is 12.1. The minimum atomic E-state index is -4.26. The molecule has 1 atom stereocenters. The third-order valence-corrected chi connectivity index (χ3v) is 2.87. The molecule has 0 saturated heterocycles. The van der Waals surface area contributed by atoms with Crippen LogP contribution in [0.25, 0.3) is 0 Å². The Morgan fingerprint density at radius 3 is 2.28 bits per heavy atom. The quantitative estimate of drug-likeness (QED) is 0.824. The second-order valence-corrected chi connectivity index (χ2v) is 4.67. The number of benzene rings is 1. The van der Waals surface area contributed by atoms with E-state index in [2.05, 4.69) is 5.32 Å². The number of hydrogen-bond acceptors (Lipinski definition) is 2. The van der Waals surface area contributed by atoms with Crippen LogP contribution in [0.1, 0.15) is 18.9 Å². The van der Waals surface area contributed by atoms with Gasteiger partial charge in [0, 0.05) is 5.54 Å². The van der Waals surface area contributed by atoms with E-state index in [-0.39, 0.29) is 6.61 Å². The molecule has 18 heavy (non-hydrogen) atoms. The Labute approximate surface area is 105 Å². The molecule has 1 unspecified atom stereocenters. The van der Waals surface area contributed by atoms with Gasteiger partial charge in [0.15, 0.2) is 0 Å². The SMILES string of the molecule is CC(CO)(CCc1ccccc1)NCC(F)(F)F. The Bertz CT molecular complexity index is 353. The smallest absolute Gasteiger partial charge is 0.394 e. The number of alkyl halides is 3. The van der Waals surface area contributed by atoms with Gasteiger partial charge in [0.2, 0.25) is 0 Å². The Balaban J connectivity index is 2.50. The van der Waals surface area contributed by atoms with Gasteiger partial charge in [-0.2, -0.15) is 13.2 Å². The van der Waals surface area contributed by atoms with Crippen LogP contribution in [0.15, 0.2) is 30.3 Å². The van der Waals surface area contributed by atoms with Gasteiger partial charge in [-0.1, -0.05) is 30.3 Å². The molecule has 0 fully saturated rings. The molecule has 2 N–H and O–H groups in total. The van der Waals surface area contributed by atoms with Gasteiger partial charge in [-0.05, 0) is 25.3 Å². The molecular weight excluding hydrogens is 243 g/mol. The first-order valence-electron chi connectivity index (χ1n) is 5.81. The average molecular weight is 261 g/mol. The Morgan fingerprint density at radius 1 is 1.17 bits per heavy atom. The third-order valence-electron chi connectivity index (χ3n) is 2.87. The van der Waals surface area contributed by atoms with Crippen LogP contribution in [0.4, 0.5) is 13.2 Å². The molecule has 1 aromatic carbocycles. The summed E-state index contributed by atoms with van der Waals surface area (Å²) < 4.78 is 36.4. The van der Waals surface area contributed by atoms with Crippen LogP contribution >= 0.6 is 0 Å². The molecule has 0 spiro atoms. The van der Waals surface area contributed by atoms with Crippen LogP contribution in [0.5, 0.6) is 0 Å². The minimum absolute atomic E-state index is 0.323. The van der Waals surface area contributed by atoms with Gasteiger partial charge in [0.1, 0.15) is 0 Å². The average Bonchev–Trinajstić information content (AvgIpc) is 2.34. The van der Waals surface area contributed by atoms with Crippen molar-refractivity contribution in [1.82, 2.24) is 5.32 Å².